The number of likely N-dealkylation sites (tertiary alicyclic amines) is 1. The predicted molar refractivity (Wildman–Crippen MR) is 107 cm³/mol. The molecule has 1 aliphatic heterocycles. The van der Waals surface area contributed by atoms with E-state index in [1.807, 2.05) is 24.4 Å². The number of carbonyl (C=O) groups excluding carboxylic acids is 2. The van der Waals surface area contributed by atoms with Gasteiger partial charge in [0.2, 0.25) is 5.88 Å². The normalized spacial score (nSPS) is 24.6. The van der Waals surface area contributed by atoms with Crippen LogP contribution in [0.15, 0.2) is 41.4 Å². The number of nitrogens with one attached hydrogen (secondary N) is 1. The van der Waals surface area contributed by atoms with Crippen LogP contribution in [0.3, 0.4) is 0 Å². The van der Waals surface area contributed by atoms with Crippen molar-refractivity contribution in [3.63, 3.8) is 0 Å². The molecule has 2 fully saturated rings. The van der Waals surface area contributed by atoms with Gasteiger partial charge in [0.15, 0.2) is 5.78 Å². The molecule has 1 aromatic carbocycles. The molecule has 6 rings (SSSR count). The average molecular weight is 391 g/mol. The molecule has 3 aromatic rings. The summed E-state index contributed by atoms with van der Waals surface area (Å²) in [5.74, 6) is 0.712. The molecule has 6 nitrogen and oxygen atoms in total. The minimum atomic E-state index is -0.457. The first kappa shape index (κ1) is 15.9. The molecule has 2 atom stereocenters. The number of nitrogen functional groups attached to an aromatic ring is 1. The van der Waals surface area contributed by atoms with Crippen molar-refractivity contribution in [3.05, 3.63) is 57.4 Å². The zero-order valence-corrected chi connectivity index (χ0v) is 15.9. The monoisotopic (exact) mass is 391 g/mol. The van der Waals surface area contributed by atoms with Crippen LogP contribution in [0.5, 0.6) is 5.88 Å². The Morgan fingerprint density at radius 2 is 2.25 bits per heavy atom. The highest BCUT2D eigenvalue weighted by molar-refractivity contribution is 7.12. The summed E-state index contributed by atoms with van der Waals surface area (Å²) in [5, 5.41) is 2.93. The van der Waals surface area contributed by atoms with Crippen LogP contribution in [0.25, 0.3) is 10.9 Å². The summed E-state index contributed by atoms with van der Waals surface area (Å²) in [6.07, 6.45) is 2.17. The van der Waals surface area contributed by atoms with Crippen LogP contribution in [0.2, 0.25) is 0 Å². The highest BCUT2D eigenvalue weighted by Crippen LogP contribution is 2.67. The van der Waals surface area contributed by atoms with E-state index in [4.69, 9.17) is 10.5 Å². The Morgan fingerprint density at radius 3 is 3.11 bits per heavy atom. The molecule has 1 amide bonds. The number of ketones is 1. The number of hydrogen-bond donors (Lipinski definition) is 2. The maximum Gasteiger partial charge on any atom is 0.420 e. The zero-order valence-electron chi connectivity index (χ0n) is 15.1. The lowest BCUT2D eigenvalue weighted by atomic mass is 9.84. The minimum Gasteiger partial charge on any atom is -0.399 e. The van der Waals surface area contributed by atoms with Gasteiger partial charge in [0.05, 0.1) is 4.88 Å². The topological polar surface area (TPSA) is 88.4 Å². The van der Waals surface area contributed by atoms with Crippen LogP contribution < -0.4 is 10.5 Å². The molecule has 0 bridgehead atoms. The number of thiophene rings is 1. The number of ether oxygens (including phenoxy) is 1. The third-order valence-corrected chi connectivity index (χ3v) is 7.32. The van der Waals surface area contributed by atoms with Gasteiger partial charge < -0.3 is 15.5 Å². The Kier molecular flexibility index (Phi) is 2.88. The summed E-state index contributed by atoms with van der Waals surface area (Å²) >= 11 is 1.51. The number of aromatic nitrogens is 1. The Balaban J connectivity index is 1.33. The van der Waals surface area contributed by atoms with Crippen LogP contribution in [-0.2, 0) is 5.41 Å². The maximum atomic E-state index is 12.9. The quantitative estimate of drug-likeness (QED) is 0.614. The molecule has 3 heterocycles. The molecule has 1 saturated heterocycles. The van der Waals surface area contributed by atoms with Crippen molar-refractivity contribution in [2.24, 2.45) is 5.92 Å². The van der Waals surface area contributed by atoms with Crippen molar-refractivity contribution in [1.29, 1.82) is 0 Å². The molecule has 2 aromatic heterocycles. The molecule has 3 aliphatic rings. The van der Waals surface area contributed by atoms with Crippen LogP contribution in [0.4, 0.5) is 10.5 Å². The van der Waals surface area contributed by atoms with Gasteiger partial charge in [-0.3, -0.25) is 9.69 Å². The van der Waals surface area contributed by atoms with Crippen molar-refractivity contribution >= 4 is 39.8 Å². The Hall–Kier alpha value is -3.06. The molecule has 2 unspecified atom stereocenters. The second-order valence-electron chi connectivity index (χ2n) is 7.85. The lowest BCUT2D eigenvalue weighted by Gasteiger charge is -2.27. The second kappa shape index (κ2) is 5.05. The number of carbonyl (C=O) groups is 2. The molecule has 7 heteroatoms. The van der Waals surface area contributed by atoms with Gasteiger partial charge in [-0.2, -0.15) is 0 Å². The zero-order chi connectivity index (χ0) is 19.2. The van der Waals surface area contributed by atoms with Crippen molar-refractivity contribution in [2.75, 3.05) is 12.3 Å². The van der Waals surface area contributed by atoms with E-state index in [0.717, 1.165) is 39.0 Å². The average Bonchev–Trinajstić information content (AvgIpc) is 2.96. The predicted octanol–water partition coefficient (Wildman–Crippen LogP) is 3.97. The second-order valence-corrected chi connectivity index (χ2v) is 8.73. The number of nitrogens with two attached hydrogens (primary N) is 1. The third kappa shape index (κ3) is 1.91. The molecule has 2 aliphatic carbocycles. The molecule has 140 valence electrons. The summed E-state index contributed by atoms with van der Waals surface area (Å²) in [7, 11) is 0. The number of rotatable bonds is 1. The number of amides is 1. The van der Waals surface area contributed by atoms with E-state index in [1.54, 1.807) is 23.1 Å². The molecular formula is C21H17N3O3S. The summed E-state index contributed by atoms with van der Waals surface area (Å²) in [6, 6.07) is 7.23. The fraction of sp³-hybridized carbons (Fsp3) is 0.238. The Morgan fingerprint density at radius 1 is 1.39 bits per heavy atom. The number of hydrogen-bond acceptors (Lipinski definition) is 5. The summed E-state index contributed by atoms with van der Waals surface area (Å²) in [5.41, 5.74) is 10.2. The number of aromatic amines is 1. The van der Waals surface area contributed by atoms with E-state index >= 15 is 0 Å². The van der Waals surface area contributed by atoms with Crippen LogP contribution in [0, 0.1) is 12.8 Å². The fourth-order valence-electron chi connectivity index (χ4n) is 4.94. The van der Waals surface area contributed by atoms with Crippen molar-refractivity contribution in [1.82, 2.24) is 9.88 Å². The highest BCUT2D eigenvalue weighted by atomic mass is 32.1. The maximum absolute atomic E-state index is 12.9. The molecule has 1 saturated carbocycles. The number of nitrogens with zero attached hydrogens (tertiary/aromatic N) is 1. The van der Waals surface area contributed by atoms with Crippen LogP contribution in [0.1, 0.15) is 27.2 Å². The van der Waals surface area contributed by atoms with Crippen LogP contribution >= 0.6 is 11.3 Å². The van der Waals surface area contributed by atoms with E-state index < -0.39 is 6.09 Å². The molecular weight excluding hydrogens is 374 g/mol. The van der Waals surface area contributed by atoms with Gasteiger partial charge in [-0.05, 0) is 54.0 Å². The van der Waals surface area contributed by atoms with Crippen LogP contribution in [-0.4, -0.2) is 28.3 Å². The lowest BCUT2D eigenvalue weighted by molar-refractivity contribution is 0.104. The molecule has 28 heavy (non-hydrogen) atoms. The summed E-state index contributed by atoms with van der Waals surface area (Å²) < 4.78 is 5.61. The van der Waals surface area contributed by atoms with Gasteiger partial charge in [0.25, 0.3) is 0 Å². The number of H-pyrrole nitrogens is 1. The highest BCUT2D eigenvalue weighted by Gasteiger charge is 2.68. The first-order valence-corrected chi connectivity index (χ1v) is 10.1. The third-order valence-electron chi connectivity index (χ3n) is 6.21. The molecule has 3 N–H and O–H groups in total. The van der Waals surface area contributed by atoms with E-state index in [9.17, 15) is 9.59 Å². The van der Waals surface area contributed by atoms with Gasteiger partial charge in [-0.25, -0.2) is 4.79 Å². The standard InChI is InChI=1S/C21H17N3O3S/c1-10-9-28-19-15(25)6-16-21(18(10)19)7-12(21)8-24(16)20(26)27-17-5-11-4-13(22)2-3-14(11)23-17/h2-6,9,12,23H,7-8,22H2,1H3. The fourth-order valence-corrected chi connectivity index (χ4v) is 5.98. The number of aryl methyl sites for hydroxylation is 1. The number of anilines is 1. The van der Waals surface area contributed by atoms with Gasteiger partial charge in [0, 0.05) is 46.4 Å². The number of piperidine rings is 1. The van der Waals surface area contributed by atoms with E-state index in [0.29, 0.717) is 24.0 Å². The minimum absolute atomic E-state index is 0.0137. The smallest absolute Gasteiger partial charge is 0.399 e. The molecule has 1 spiro atoms. The SMILES string of the molecule is Cc1csc2c1C13CC1CN(C(=O)Oc1cc4cc(N)ccc4[nH]1)C3=CC2=O. The van der Waals surface area contributed by atoms with Gasteiger partial charge >= 0.3 is 6.09 Å². The number of fused-ring (bicyclic) bond motifs is 2. The van der Waals surface area contributed by atoms with E-state index in [2.05, 4.69) is 4.98 Å². The first-order valence-electron chi connectivity index (χ1n) is 9.20. The van der Waals surface area contributed by atoms with Gasteiger partial charge in [-0.1, -0.05) is 0 Å². The van der Waals surface area contributed by atoms with E-state index in [-0.39, 0.29) is 11.2 Å². The Bertz CT molecular complexity index is 1240. The van der Waals surface area contributed by atoms with Gasteiger partial charge in [0.1, 0.15) is 0 Å². The summed E-state index contributed by atoms with van der Waals surface area (Å²) in [4.78, 5) is 31.1. The number of benzene rings is 1. The van der Waals surface area contributed by atoms with Gasteiger partial charge in [-0.15, -0.1) is 11.3 Å². The van der Waals surface area contributed by atoms with Crippen molar-refractivity contribution in [2.45, 2.75) is 18.8 Å². The first-order chi connectivity index (χ1) is 13.5. The lowest BCUT2D eigenvalue weighted by Crippen LogP contribution is -2.35. The number of allylic oxidation sites excluding steroid dienone is 2. The largest absolute Gasteiger partial charge is 0.420 e. The van der Waals surface area contributed by atoms with Crippen molar-refractivity contribution < 1.29 is 14.3 Å². The summed E-state index contributed by atoms with van der Waals surface area (Å²) in [6.45, 7) is 2.63. The molecule has 0 radical (unpaired) electrons. The Labute approximate surface area is 164 Å². The van der Waals surface area contributed by atoms with Crippen molar-refractivity contribution in [3.8, 4) is 5.88 Å². The van der Waals surface area contributed by atoms with E-state index in [1.165, 1.54) is 11.3 Å².